The Morgan fingerprint density at radius 3 is 1.46 bits per heavy atom. The van der Waals surface area contributed by atoms with Crippen molar-refractivity contribution in [3.8, 4) is 5.75 Å². The van der Waals surface area contributed by atoms with E-state index in [1.54, 1.807) is 24.3 Å². The van der Waals surface area contributed by atoms with Crippen molar-refractivity contribution in [2.24, 2.45) is 20.5 Å². The topological polar surface area (TPSA) is 178 Å². The zero-order chi connectivity index (χ0) is 25.2. The van der Waals surface area contributed by atoms with Crippen molar-refractivity contribution in [1.29, 1.82) is 0 Å². The minimum atomic E-state index is -5.19. The Morgan fingerprint density at radius 1 is 0.514 bits per heavy atom. The van der Waals surface area contributed by atoms with Crippen LogP contribution in [0.1, 0.15) is 0 Å². The summed E-state index contributed by atoms with van der Waals surface area (Å²) in [5.74, 6) is -1.38. The zero-order valence-electron chi connectivity index (χ0n) is 17.6. The van der Waals surface area contributed by atoms with Gasteiger partial charge in [-0.15, -0.1) is 5.11 Å². The smallest absolute Gasteiger partial charge is 0.300 e. The number of benzene rings is 4. The van der Waals surface area contributed by atoms with Gasteiger partial charge in [-0.1, -0.05) is 42.5 Å². The SMILES string of the molecule is O=S(=O)(O)c1c(O)c(S(=O)(=O)O)c2ccccc2c1N=Nc1ccc(N=Nc2ccccc2)cc1. The van der Waals surface area contributed by atoms with Crippen LogP contribution in [-0.4, -0.2) is 31.0 Å². The highest BCUT2D eigenvalue weighted by Crippen LogP contribution is 2.45. The number of azo groups is 2. The summed E-state index contributed by atoms with van der Waals surface area (Å²) < 4.78 is 67.1. The summed E-state index contributed by atoms with van der Waals surface area (Å²) in [7, 11) is -10.3. The molecule has 35 heavy (non-hydrogen) atoms. The van der Waals surface area contributed by atoms with E-state index in [9.17, 15) is 31.0 Å². The lowest BCUT2D eigenvalue weighted by Gasteiger charge is -2.13. The number of phenolic OH excluding ortho intramolecular Hbond substituents is 1. The largest absolute Gasteiger partial charge is 0.505 e. The molecule has 13 heteroatoms. The van der Waals surface area contributed by atoms with Crippen LogP contribution in [0, 0.1) is 0 Å². The molecule has 0 aliphatic rings. The second kappa shape index (κ2) is 9.31. The zero-order valence-corrected chi connectivity index (χ0v) is 19.2. The highest BCUT2D eigenvalue weighted by molar-refractivity contribution is 7.87. The second-order valence-corrected chi connectivity index (χ2v) is 9.82. The number of hydrogen-bond acceptors (Lipinski definition) is 9. The molecule has 0 aliphatic heterocycles. The Hall–Kier alpha value is -4.04. The summed E-state index contributed by atoms with van der Waals surface area (Å²) in [6.07, 6.45) is 0. The van der Waals surface area contributed by atoms with Gasteiger partial charge in [-0.3, -0.25) is 9.11 Å². The van der Waals surface area contributed by atoms with Crippen molar-refractivity contribution < 1.29 is 31.0 Å². The van der Waals surface area contributed by atoms with Crippen LogP contribution in [0.15, 0.2) is 109 Å². The Balaban J connectivity index is 1.79. The van der Waals surface area contributed by atoms with Crippen molar-refractivity contribution >= 4 is 53.8 Å². The fourth-order valence-electron chi connectivity index (χ4n) is 3.26. The summed E-state index contributed by atoms with van der Waals surface area (Å²) >= 11 is 0. The van der Waals surface area contributed by atoms with E-state index in [0.29, 0.717) is 11.4 Å². The molecule has 0 aliphatic carbocycles. The van der Waals surface area contributed by atoms with E-state index in [-0.39, 0.29) is 16.5 Å². The Bertz CT molecular complexity index is 1690. The van der Waals surface area contributed by atoms with E-state index in [1.165, 1.54) is 36.4 Å². The van der Waals surface area contributed by atoms with Crippen molar-refractivity contribution in [3.05, 3.63) is 78.9 Å². The fraction of sp³-hybridized carbons (Fsp3) is 0. The lowest BCUT2D eigenvalue weighted by molar-refractivity contribution is 0.425. The fourth-order valence-corrected chi connectivity index (χ4v) is 4.87. The van der Waals surface area contributed by atoms with Gasteiger partial charge in [0.2, 0.25) is 0 Å². The van der Waals surface area contributed by atoms with Gasteiger partial charge in [-0.2, -0.15) is 32.2 Å². The number of hydrogen-bond donors (Lipinski definition) is 3. The lowest BCUT2D eigenvalue weighted by Crippen LogP contribution is -2.06. The molecule has 0 bridgehead atoms. The van der Waals surface area contributed by atoms with Gasteiger partial charge in [0, 0.05) is 10.8 Å². The predicted molar refractivity (Wildman–Crippen MR) is 126 cm³/mol. The van der Waals surface area contributed by atoms with Crippen LogP contribution >= 0.6 is 0 Å². The molecule has 0 atom stereocenters. The number of rotatable bonds is 6. The number of fused-ring (bicyclic) bond motifs is 1. The maximum Gasteiger partial charge on any atom is 0.300 e. The molecule has 4 aromatic rings. The average molecular weight is 513 g/mol. The average Bonchev–Trinajstić information content (AvgIpc) is 2.80. The third kappa shape index (κ3) is 5.22. The molecule has 0 saturated carbocycles. The van der Waals surface area contributed by atoms with Crippen LogP contribution in [0.3, 0.4) is 0 Å². The molecule has 11 nitrogen and oxygen atoms in total. The molecule has 4 rings (SSSR count). The van der Waals surface area contributed by atoms with Crippen LogP contribution < -0.4 is 0 Å². The molecule has 4 aromatic carbocycles. The number of nitrogens with zero attached hydrogens (tertiary/aromatic N) is 4. The second-order valence-electron chi connectivity index (χ2n) is 7.10. The molecule has 0 aromatic heterocycles. The van der Waals surface area contributed by atoms with Gasteiger partial charge in [0.1, 0.15) is 10.6 Å². The maximum atomic E-state index is 12.0. The van der Waals surface area contributed by atoms with E-state index in [0.717, 1.165) is 0 Å². The Kier molecular flexibility index (Phi) is 6.41. The van der Waals surface area contributed by atoms with Gasteiger partial charge >= 0.3 is 10.1 Å². The van der Waals surface area contributed by atoms with Crippen molar-refractivity contribution in [3.63, 3.8) is 0 Å². The van der Waals surface area contributed by atoms with E-state index in [1.807, 2.05) is 18.2 Å². The molecule has 0 heterocycles. The first-order chi connectivity index (χ1) is 16.6. The van der Waals surface area contributed by atoms with E-state index >= 15 is 0 Å². The van der Waals surface area contributed by atoms with Gasteiger partial charge in [0.25, 0.3) is 10.1 Å². The monoisotopic (exact) mass is 512 g/mol. The first-order valence-corrected chi connectivity index (χ1v) is 12.6. The highest BCUT2D eigenvalue weighted by atomic mass is 32.2. The molecule has 0 fully saturated rings. The molecule has 0 amide bonds. The van der Waals surface area contributed by atoms with Crippen LogP contribution in [0.2, 0.25) is 0 Å². The minimum Gasteiger partial charge on any atom is -0.505 e. The minimum absolute atomic E-state index is 0.0948. The van der Waals surface area contributed by atoms with E-state index in [2.05, 4.69) is 20.5 Å². The molecular formula is C22H16N4O7S2. The van der Waals surface area contributed by atoms with Gasteiger partial charge in [-0.25, -0.2) is 0 Å². The van der Waals surface area contributed by atoms with Crippen molar-refractivity contribution in [1.82, 2.24) is 0 Å². The van der Waals surface area contributed by atoms with Crippen LogP contribution in [0.5, 0.6) is 5.75 Å². The van der Waals surface area contributed by atoms with Gasteiger partial charge in [-0.05, 0) is 36.4 Å². The first-order valence-electron chi connectivity index (χ1n) is 9.77. The van der Waals surface area contributed by atoms with Crippen LogP contribution in [0.4, 0.5) is 22.7 Å². The summed E-state index contributed by atoms with van der Waals surface area (Å²) in [5.41, 5.74) is 0.911. The van der Waals surface area contributed by atoms with E-state index in [4.69, 9.17) is 0 Å². The normalized spacial score (nSPS) is 12.6. The molecule has 3 N–H and O–H groups in total. The standard InChI is InChI=1S/C22H16N4O7S2/c27-20-21(34(28,29)30)18-9-5-4-8-17(18)19(22(20)35(31,32)33)26-25-16-12-10-15(11-13-16)24-23-14-6-2-1-3-7-14/h1-13,27H,(H,28,29,30)(H,31,32,33). The van der Waals surface area contributed by atoms with Crippen molar-refractivity contribution in [2.45, 2.75) is 9.79 Å². The molecule has 0 saturated heterocycles. The Morgan fingerprint density at radius 2 is 0.943 bits per heavy atom. The Labute approximate surface area is 199 Å². The third-order valence-electron chi connectivity index (χ3n) is 4.74. The molecule has 0 radical (unpaired) electrons. The van der Waals surface area contributed by atoms with Gasteiger partial charge in [0.05, 0.1) is 17.1 Å². The summed E-state index contributed by atoms with van der Waals surface area (Å²) in [6, 6.07) is 20.7. The van der Waals surface area contributed by atoms with E-state index < -0.39 is 41.5 Å². The quantitative estimate of drug-likeness (QED) is 0.213. The number of phenols is 1. The summed E-state index contributed by atoms with van der Waals surface area (Å²) in [6.45, 7) is 0. The number of aromatic hydroxyl groups is 1. The van der Waals surface area contributed by atoms with Crippen molar-refractivity contribution in [2.75, 3.05) is 0 Å². The van der Waals surface area contributed by atoms with Gasteiger partial charge < -0.3 is 5.11 Å². The summed E-state index contributed by atoms with van der Waals surface area (Å²) in [5, 5.41) is 26.1. The predicted octanol–water partition coefficient (Wildman–Crippen LogP) is 5.87. The van der Waals surface area contributed by atoms with Crippen LogP contribution in [-0.2, 0) is 20.2 Å². The third-order valence-corrected chi connectivity index (χ3v) is 6.57. The molecule has 0 spiro atoms. The highest BCUT2D eigenvalue weighted by Gasteiger charge is 2.32. The van der Waals surface area contributed by atoms with Gasteiger partial charge in [0.15, 0.2) is 10.6 Å². The van der Waals surface area contributed by atoms with Crippen LogP contribution in [0.25, 0.3) is 10.8 Å². The lowest BCUT2D eigenvalue weighted by atomic mass is 10.1. The maximum absolute atomic E-state index is 12.0. The molecular weight excluding hydrogens is 496 g/mol. The molecule has 178 valence electrons. The summed E-state index contributed by atoms with van der Waals surface area (Å²) in [4.78, 5) is -2.28. The first kappa shape index (κ1) is 24.1. The molecule has 0 unspecified atom stereocenters.